The van der Waals surface area contributed by atoms with Crippen LogP contribution in [0.2, 0.25) is 0 Å². The lowest BCUT2D eigenvalue weighted by atomic mass is 10.2. The van der Waals surface area contributed by atoms with Crippen LogP contribution >= 0.6 is 0 Å². The van der Waals surface area contributed by atoms with Crippen LogP contribution in [-0.4, -0.2) is 21.0 Å². The first-order valence-electron chi connectivity index (χ1n) is 7.19. The number of carbonyl (C=O) groups is 1. The highest BCUT2D eigenvalue weighted by Crippen LogP contribution is 2.17. The monoisotopic (exact) mass is 298 g/mol. The minimum atomic E-state index is -0.204. The second-order valence-corrected chi connectivity index (χ2v) is 5.54. The molecule has 2 aromatic heterocycles. The first-order valence-corrected chi connectivity index (χ1v) is 7.19. The Labute approximate surface area is 127 Å². The van der Waals surface area contributed by atoms with Crippen LogP contribution in [0.3, 0.4) is 0 Å². The van der Waals surface area contributed by atoms with Gasteiger partial charge in [-0.2, -0.15) is 0 Å². The molecule has 6 nitrogen and oxygen atoms in total. The highest BCUT2D eigenvalue weighted by atomic mass is 16.5. The van der Waals surface area contributed by atoms with Crippen molar-refractivity contribution in [2.24, 2.45) is 0 Å². The van der Waals surface area contributed by atoms with E-state index in [0.29, 0.717) is 5.76 Å². The number of fused-ring (bicyclic) bond motifs is 1. The Kier molecular flexibility index (Phi) is 3.66. The van der Waals surface area contributed by atoms with Crippen molar-refractivity contribution in [1.29, 1.82) is 0 Å². The van der Waals surface area contributed by atoms with Crippen molar-refractivity contribution >= 4 is 16.9 Å². The fourth-order valence-corrected chi connectivity index (χ4v) is 2.37. The molecule has 0 aliphatic carbocycles. The molecule has 6 heteroatoms. The van der Waals surface area contributed by atoms with Crippen LogP contribution < -0.4 is 5.32 Å². The summed E-state index contributed by atoms with van der Waals surface area (Å²) in [4.78, 5) is 19.8. The van der Waals surface area contributed by atoms with Gasteiger partial charge in [0, 0.05) is 6.07 Å². The zero-order valence-electron chi connectivity index (χ0n) is 12.8. The summed E-state index contributed by atoms with van der Waals surface area (Å²) >= 11 is 0. The lowest BCUT2D eigenvalue weighted by Gasteiger charge is -2.10. The van der Waals surface area contributed by atoms with Crippen molar-refractivity contribution in [3.8, 4) is 0 Å². The van der Waals surface area contributed by atoms with E-state index in [1.165, 1.54) is 5.56 Å². The second kappa shape index (κ2) is 5.63. The Morgan fingerprint density at radius 1 is 1.36 bits per heavy atom. The molecule has 0 spiro atoms. The molecule has 114 valence electrons. The van der Waals surface area contributed by atoms with Crippen LogP contribution in [0.25, 0.3) is 11.0 Å². The number of carbonyl (C=O) groups excluding carboxylic acids is 1. The number of amides is 1. The Hall–Kier alpha value is -2.63. The molecule has 0 radical (unpaired) electrons. The fourth-order valence-electron chi connectivity index (χ4n) is 2.37. The van der Waals surface area contributed by atoms with Gasteiger partial charge in [0.1, 0.15) is 11.6 Å². The van der Waals surface area contributed by atoms with Gasteiger partial charge in [0.25, 0.3) is 0 Å². The van der Waals surface area contributed by atoms with Crippen LogP contribution in [-0.2, 0) is 11.2 Å². The zero-order chi connectivity index (χ0) is 15.7. The largest absolute Gasteiger partial charge is 0.361 e. The first kappa shape index (κ1) is 14.3. The Bertz CT molecular complexity index is 819. The van der Waals surface area contributed by atoms with Crippen LogP contribution in [0.15, 0.2) is 28.8 Å². The standard InChI is InChI=1S/C16H18N4O2/c1-9-4-5-13-14(6-9)19-16(18-13)11(3)17-15(21)8-12-7-10(2)20-22-12/h4-7,11H,8H2,1-3H3,(H,17,21)(H,18,19). The molecule has 0 aliphatic heterocycles. The Morgan fingerprint density at radius 3 is 2.91 bits per heavy atom. The molecule has 2 heterocycles. The average molecular weight is 298 g/mol. The van der Waals surface area contributed by atoms with Gasteiger partial charge in [0.05, 0.1) is 29.2 Å². The molecule has 22 heavy (non-hydrogen) atoms. The molecule has 1 aromatic carbocycles. The van der Waals surface area contributed by atoms with Gasteiger partial charge < -0.3 is 14.8 Å². The summed E-state index contributed by atoms with van der Waals surface area (Å²) in [6.45, 7) is 5.75. The van der Waals surface area contributed by atoms with E-state index >= 15 is 0 Å². The van der Waals surface area contributed by atoms with E-state index in [9.17, 15) is 4.79 Å². The molecule has 2 N–H and O–H groups in total. The summed E-state index contributed by atoms with van der Waals surface area (Å²) in [6, 6.07) is 7.58. The molecule has 3 rings (SSSR count). The van der Waals surface area contributed by atoms with Gasteiger partial charge in [0.2, 0.25) is 5.91 Å². The number of nitrogens with zero attached hydrogens (tertiary/aromatic N) is 2. The van der Waals surface area contributed by atoms with Gasteiger partial charge >= 0.3 is 0 Å². The third-order valence-corrected chi connectivity index (χ3v) is 3.45. The van der Waals surface area contributed by atoms with E-state index in [1.807, 2.05) is 39.0 Å². The number of hydrogen-bond acceptors (Lipinski definition) is 4. The number of imidazole rings is 1. The first-order chi connectivity index (χ1) is 10.5. The van der Waals surface area contributed by atoms with Crippen LogP contribution in [0.1, 0.15) is 35.8 Å². The quantitative estimate of drug-likeness (QED) is 0.775. The summed E-state index contributed by atoms with van der Waals surface area (Å²) in [5.74, 6) is 1.17. The number of aromatic nitrogens is 3. The summed E-state index contributed by atoms with van der Waals surface area (Å²) in [5, 5.41) is 6.68. The van der Waals surface area contributed by atoms with E-state index < -0.39 is 0 Å². The third-order valence-electron chi connectivity index (χ3n) is 3.45. The number of aryl methyl sites for hydroxylation is 2. The maximum Gasteiger partial charge on any atom is 0.228 e. The molecule has 0 fully saturated rings. The minimum Gasteiger partial charge on any atom is -0.361 e. The minimum absolute atomic E-state index is 0.125. The SMILES string of the molecule is Cc1ccc2nc(C(C)NC(=O)Cc3cc(C)no3)[nH]c2c1. The van der Waals surface area contributed by atoms with Gasteiger partial charge in [-0.05, 0) is 38.5 Å². The maximum absolute atomic E-state index is 12.0. The van der Waals surface area contributed by atoms with Crippen molar-refractivity contribution < 1.29 is 9.32 Å². The molecular formula is C16H18N4O2. The highest BCUT2D eigenvalue weighted by Gasteiger charge is 2.15. The van der Waals surface area contributed by atoms with Crippen LogP contribution in [0.5, 0.6) is 0 Å². The molecule has 0 aliphatic rings. The summed E-state index contributed by atoms with van der Waals surface area (Å²) in [7, 11) is 0. The number of rotatable bonds is 4. The zero-order valence-corrected chi connectivity index (χ0v) is 12.8. The molecule has 3 aromatic rings. The highest BCUT2D eigenvalue weighted by molar-refractivity contribution is 5.79. The fraction of sp³-hybridized carbons (Fsp3) is 0.312. The van der Waals surface area contributed by atoms with Crippen LogP contribution in [0, 0.1) is 13.8 Å². The van der Waals surface area contributed by atoms with Gasteiger partial charge in [-0.15, -0.1) is 0 Å². The van der Waals surface area contributed by atoms with Crippen molar-refractivity contribution in [3.05, 3.63) is 47.1 Å². The lowest BCUT2D eigenvalue weighted by Crippen LogP contribution is -2.28. The summed E-state index contributed by atoms with van der Waals surface area (Å²) < 4.78 is 5.05. The summed E-state index contributed by atoms with van der Waals surface area (Å²) in [5.41, 5.74) is 3.80. The molecule has 1 atom stereocenters. The average Bonchev–Trinajstić information content (AvgIpc) is 3.04. The predicted molar refractivity (Wildman–Crippen MR) is 82.3 cm³/mol. The topological polar surface area (TPSA) is 83.8 Å². The van der Waals surface area contributed by atoms with Crippen molar-refractivity contribution in [1.82, 2.24) is 20.4 Å². The van der Waals surface area contributed by atoms with Crippen molar-refractivity contribution in [2.75, 3.05) is 0 Å². The number of nitrogens with one attached hydrogen (secondary N) is 2. The number of benzene rings is 1. The van der Waals surface area contributed by atoms with Gasteiger partial charge in [-0.3, -0.25) is 4.79 Å². The van der Waals surface area contributed by atoms with E-state index in [4.69, 9.17) is 4.52 Å². The third kappa shape index (κ3) is 3.00. The van der Waals surface area contributed by atoms with Crippen LogP contribution in [0.4, 0.5) is 0 Å². The molecule has 0 bridgehead atoms. The Morgan fingerprint density at radius 2 is 2.18 bits per heavy atom. The van der Waals surface area contributed by atoms with Crippen molar-refractivity contribution in [2.45, 2.75) is 33.2 Å². The normalized spacial score (nSPS) is 12.5. The number of hydrogen-bond donors (Lipinski definition) is 2. The Balaban J connectivity index is 1.69. The van der Waals surface area contributed by atoms with E-state index in [2.05, 4.69) is 20.4 Å². The number of H-pyrrole nitrogens is 1. The molecule has 0 saturated carbocycles. The molecule has 0 saturated heterocycles. The predicted octanol–water partition coefficient (Wildman–Crippen LogP) is 2.59. The van der Waals surface area contributed by atoms with E-state index in [0.717, 1.165) is 22.6 Å². The van der Waals surface area contributed by atoms with Gasteiger partial charge in [0.15, 0.2) is 0 Å². The second-order valence-electron chi connectivity index (χ2n) is 5.54. The molecular weight excluding hydrogens is 280 g/mol. The van der Waals surface area contributed by atoms with Gasteiger partial charge in [-0.1, -0.05) is 11.2 Å². The van der Waals surface area contributed by atoms with E-state index in [-0.39, 0.29) is 18.4 Å². The lowest BCUT2D eigenvalue weighted by molar-refractivity contribution is -0.121. The molecule has 1 unspecified atom stereocenters. The number of aromatic amines is 1. The molecule has 1 amide bonds. The summed E-state index contributed by atoms with van der Waals surface area (Å²) in [6.07, 6.45) is 0.171. The van der Waals surface area contributed by atoms with E-state index in [1.54, 1.807) is 6.07 Å². The maximum atomic E-state index is 12.0. The van der Waals surface area contributed by atoms with Gasteiger partial charge in [-0.25, -0.2) is 4.98 Å². The van der Waals surface area contributed by atoms with Crippen molar-refractivity contribution in [3.63, 3.8) is 0 Å². The smallest absolute Gasteiger partial charge is 0.228 e.